The van der Waals surface area contributed by atoms with Gasteiger partial charge in [0.1, 0.15) is 6.04 Å². The van der Waals surface area contributed by atoms with Crippen LogP contribution in [0.5, 0.6) is 0 Å². The van der Waals surface area contributed by atoms with Crippen LogP contribution in [0.4, 0.5) is 4.79 Å². The Balaban J connectivity index is 2.38. The molecule has 1 heterocycles. The van der Waals surface area contributed by atoms with Crippen LogP contribution in [0.3, 0.4) is 0 Å². The van der Waals surface area contributed by atoms with Gasteiger partial charge in [0.05, 0.1) is 0 Å². The molecular weight excluding hydrogens is 180 g/mol. The van der Waals surface area contributed by atoms with Crippen LogP contribution >= 0.6 is 12.2 Å². The minimum atomic E-state index is -0.553. The number of urea groups is 1. The number of aliphatic hydroxyl groups is 1. The van der Waals surface area contributed by atoms with Gasteiger partial charge in [0.2, 0.25) is 0 Å². The fourth-order valence-corrected chi connectivity index (χ4v) is 1.05. The third kappa shape index (κ3) is 2.16. The van der Waals surface area contributed by atoms with Crippen molar-refractivity contribution < 1.29 is 14.7 Å². The zero-order chi connectivity index (χ0) is 9.14. The standard InChI is InChI=1S/C6H8N2O3S/c9-4(12)2-1-3-5(10)8-6(11)7-3/h3H,1-2H2,(H,9,12)(H2,7,8,10,11). The maximum absolute atomic E-state index is 10.9. The molecule has 0 aromatic heterocycles. The largest absolute Gasteiger partial charge is 0.502 e. The lowest BCUT2D eigenvalue weighted by atomic mass is 10.2. The molecule has 5 nitrogen and oxygen atoms in total. The topological polar surface area (TPSA) is 78.4 Å². The van der Waals surface area contributed by atoms with Crippen molar-refractivity contribution >= 4 is 29.2 Å². The number of imide groups is 1. The van der Waals surface area contributed by atoms with Crippen LogP contribution < -0.4 is 10.6 Å². The minimum Gasteiger partial charge on any atom is -0.502 e. The lowest BCUT2D eigenvalue weighted by molar-refractivity contribution is -0.120. The monoisotopic (exact) mass is 188 g/mol. The van der Waals surface area contributed by atoms with Crippen LogP contribution in [0, 0.1) is 0 Å². The third-order valence-electron chi connectivity index (χ3n) is 1.51. The van der Waals surface area contributed by atoms with Gasteiger partial charge in [-0.05, 0) is 18.6 Å². The minimum absolute atomic E-state index is 0.149. The number of nitrogens with one attached hydrogen (secondary N) is 2. The van der Waals surface area contributed by atoms with Crippen LogP contribution in [0.2, 0.25) is 0 Å². The first kappa shape index (κ1) is 8.92. The van der Waals surface area contributed by atoms with E-state index in [1.807, 2.05) is 0 Å². The molecule has 0 aromatic carbocycles. The van der Waals surface area contributed by atoms with Crippen molar-refractivity contribution in [1.82, 2.24) is 10.6 Å². The van der Waals surface area contributed by atoms with Gasteiger partial charge in [-0.15, -0.1) is 0 Å². The molecule has 0 aliphatic carbocycles. The quantitative estimate of drug-likeness (QED) is 0.425. The van der Waals surface area contributed by atoms with E-state index in [2.05, 4.69) is 22.9 Å². The summed E-state index contributed by atoms with van der Waals surface area (Å²) >= 11 is 4.41. The van der Waals surface area contributed by atoms with Crippen LogP contribution in [0.25, 0.3) is 0 Å². The van der Waals surface area contributed by atoms with Crippen molar-refractivity contribution in [3.63, 3.8) is 0 Å². The molecule has 1 rings (SSSR count). The Bertz CT molecular complexity index is 241. The third-order valence-corrected chi connectivity index (χ3v) is 1.71. The lowest BCUT2D eigenvalue weighted by Gasteiger charge is -2.03. The second-order valence-electron chi connectivity index (χ2n) is 2.45. The second-order valence-corrected chi connectivity index (χ2v) is 2.92. The molecule has 66 valence electrons. The Hall–Kier alpha value is -1.17. The molecule has 0 spiro atoms. The Labute approximate surface area is 74.1 Å². The van der Waals surface area contributed by atoms with Crippen LogP contribution in [0.15, 0.2) is 0 Å². The highest BCUT2D eigenvalue weighted by atomic mass is 32.1. The van der Waals surface area contributed by atoms with E-state index >= 15 is 0 Å². The number of hydrogen-bond donors (Lipinski definition) is 3. The van der Waals surface area contributed by atoms with Gasteiger partial charge >= 0.3 is 6.03 Å². The van der Waals surface area contributed by atoms with E-state index < -0.39 is 12.1 Å². The second kappa shape index (κ2) is 3.48. The molecule has 0 aromatic rings. The molecule has 0 bridgehead atoms. The van der Waals surface area contributed by atoms with Gasteiger partial charge in [0.15, 0.2) is 5.05 Å². The molecule has 1 fully saturated rings. The van der Waals surface area contributed by atoms with Crippen molar-refractivity contribution in [3.8, 4) is 0 Å². The average molecular weight is 188 g/mol. The van der Waals surface area contributed by atoms with Gasteiger partial charge in [-0.1, -0.05) is 0 Å². The molecule has 1 aliphatic rings. The summed E-state index contributed by atoms with van der Waals surface area (Å²) in [7, 11) is 0. The van der Waals surface area contributed by atoms with Crippen LogP contribution in [-0.2, 0) is 4.79 Å². The summed E-state index contributed by atoms with van der Waals surface area (Å²) in [6.07, 6.45) is 0.584. The molecule has 1 unspecified atom stereocenters. The highest BCUT2D eigenvalue weighted by molar-refractivity contribution is 7.80. The highest BCUT2D eigenvalue weighted by Crippen LogP contribution is 2.02. The van der Waals surface area contributed by atoms with Crippen molar-refractivity contribution in [2.45, 2.75) is 18.9 Å². The molecule has 0 saturated carbocycles. The predicted molar refractivity (Wildman–Crippen MR) is 44.9 cm³/mol. The number of carbonyl (C=O) groups excluding carboxylic acids is 2. The smallest absolute Gasteiger partial charge is 0.322 e. The van der Waals surface area contributed by atoms with Crippen molar-refractivity contribution in [2.75, 3.05) is 0 Å². The normalized spacial score (nSPS) is 21.8. The molecule has 6 heteroatoms. The molecule has 1 aliphatic heterocycles. The van der Waals surface area contributed by atoms with Crippen molar-refractivity contribution in [2.24, 2.45) is 0 Å². The predicted octanol–water partition coefficient (Wildman–Crippen LogP) is -0.140. The van der Waals surface area contributed by atoms with Gasteiger partial charge < -0.3 is 10.4 Å². The first-order valence-electron chi connectivity index (χ1n) is 3.43. The fourth-order valence-electron chi connectivity index (χ4n) is 0.930. The maximum Gasteiger partial charge on any atom is 0.322 e. The van der Waals surface area contributed by atoms with Gasteiger partial charge in [-0.2, -0.15) is 0 Å². The zero-order valence-corrected chi connectivity index (χ0v) is 6.98. The number of aliphatic hydroxyl groups excluding tert-OH is 1. The summed E-state index contributed by atoms with van der Waals surface area (Å²) in [5.74, 6) is -0.365. The molecule has 1 saturated heterocycles. The van der Waals surface area contributed by atoms with Gasteiger partial charge in [0.25, 0.3) is 5.91 Å². The SMILES string of the molecule is O=C1NC(=O)C(CCC(O)=S)N1. The van der Waals surface area contributed by atoms with E-state index in [1.54, 1.807) is 0 Å². The van der Waals surface area contributed by atoms with E-state index in [4.69, 9.17) is 5.11 Å². The van der Waals surface area contributed by atoms with E-state index in [0.717, 1.165) is 0 Å². The molecule has 1 atom stereocenters. The van der Waals surface area contributed by atoms with Crippen molar-refractivity contribution in [3.05, 3.63) is 0 Å². The Morgan fingerprint density at radius 1 is 1.58 bits per heavy atom. The Kier molecular flexibility index (Phi) is 2.59. The summed E-state index contributed by atoms with van der Waals surface area (Å²) in [5.41, 5.74) is 0. The summed E-state index contributed by atoms with van der Waals surface area (Å²) in [5, 5.41) is 13.0. The molecule has 3 N–H and O–H groups in total. The highest BCUT2D eigenvalue weighted by Gasteiger charge is 2.28. The number of amides is 3. The molecule has 3 amide bonds. The van der Waals surface area contributed by atoms with Gasteiger partial charge in [0, 0.05) is 6.42 Å². The zero-order valence-electron chi connectivity index (χ0n) is 6.16. The lowest BCUT2D eigenvalue weighted by Crippen LogP contribution is -2.29. The first-order valence-corrected chi connectivity index (χ1v) is 3.83. The summed E-state index contributed by atoms with van der Waals surface area (Å²) in [4.78, 5) is 21.4. The Morgan fingerprint density at radius 2 is 2.25 bits per heavy atom. The number of rotatable bonds is 3. The number of thiocarbonyl (C=S) groups is 1. The van der Waals surface area contributed by atoms with Crippen molar-refractivity contribution in [1.29, 1.82) is 0 Å². The number of carbonyl (C=O) groups is 2. The van der Waals surface area contributed by atoms with E-state index in [-0.39, 0.29) is 17.4 Å². The maximum atomic E-state index is 10.9. The van der Waals surface area contributed by atoms with Crippen LogP contribution in [0.1, 0.15) is 12.8 Å². The molecule has 0 radical (unpaired) electrons. The Morgan fingerprint density at radius 3 is 2.67 bits per heavy atom. The fraction of sp³-hybridized carbons (Fsp3) is 0.500. The van der Waals surface area contributed by atoms with E-state index in [1.165, 1.54) is 0 Å². The number of hydrogen-bond acceptors (Lipinski definition) is 3. The summed E-state index contributed by atoms with van der Waals surface area (Å²) in [6, 6.07) is -1.04. The molecule has 12 heavy (non-hydrogen) atoms. The van der Waals surface area contributed by atoms with Gasteiger partial charge in [-0.25, -0.2) is 4.79 Å². The van der Waals surface area contributed by atoms with E-state index in [9.17, 15) is 9.59 Å². The summed E-state index contributed by atoms with van der Waals surface area (Å²) in [6.45, 7) is 0. The van der Waals surface area contributed by atoms with Crippen LogP contribution in [-0.4, -0.2) is 28.1 Å². The van der Waals surface area contributed by atoms with E-state index in [0.29, 0.717) is 6.42 Å². The first-order chi connectivity index (χ1) is 5.59. The average Bonchev–Trinajstić information content (AvgIpc) is 2.26. The molecular formula is C6H8N2O3S. The van der Waals surface area contributed by atoms with Gasteiger partial charge in [-0.3, -0.25) is 10.1 Å². The summed E-state index contributed by atoms with van der Waals surface area (Å²) < 4.78 is 0.